The number of amides is 1. The van der Waals surface area contributed by atoms with Gasteiger partial charge >= 0.3 is 5.97 Å². The van der Waals surface area contributed by atoms with Crippen molar-refractivity contribution < 1.29 is 19.4 Å². The summed E-state index contributed by atoms with van der Waals surface area (Å²) >= 11 is 6.69. The number of phenols is 1. The number of piperidine rings is 1. The molecule has 2 fully saturated rings. The van der Waals surface area contributed by atoms with Crippen molar-refractivity contribution in [2.24, 2.45) is 5.92 Å². The molecule has 6 nitrogen and oxygen atoms in total. The lowest BCUT2D eigenvalue weighted by Crippen LogP contribution is -2.51. The quantitative estimate of drug-likeness (QED) is 0.586. The van der Waals surface area contributed by atoms with Crippen LogP contribution < -0.4 is 0 Å². The minimum atomic E-state index is -0.138. The third kappa shape index (κ3) is 5.14. The summed E-state index contributed by atoms with van der Waals surface area (Å²) in [6.45, 7) is 4.33. The van der Waals surface area contributed by atoms with E-state index in [4.69, 9.17) is 4.74 Å². The van der Waals surface area contributed by atoms with Gasteiger partial charge in [0.25, 0.3) is 0 Å². The van der Waals surface area contributed by atoms with Crippen molar-refractivity contribution in [3.8, 4) is 5.75 Å². The fourth-order valence-corrected chi connectivity index (χ4v) is 5.80. The minimum Gasteiger partial charge on any atom is -0.506 e. The highest BCUT2D eigenvalue weighted by Crippen LogP contribution is 2.34. The van der Waals surface area contributed by atoms with Crippen LogP contribution in [0.15, 0.2) is 21.1 Å². The van der Waals surface area contributed by atoms with Gasteiger partial charge in [-0.3, -0.25) is 14.5 Å². The van der Waals surface area contributed by atoms with Gasteiger partial charge in [-0.1, -0.05) is 6.92 Å². The van der Waals surface area contributed by atoms with Gasteiger partial charge in [0.2, 0.25) is 5.91 Å². The molecule has 29 heavy (non-hydrogen) atoms. The van der Waals surface area contributed by atoms with Crippen molar-refractivity contribution in [3.63, 3.8) is 0 Å². The number of esters is 1. The Labute approximate surface area is 188 Å². The van der Waals surface area contributed by atoms with Gasteiger partial charge in [-0.25, -0.2) is 0 Å². The molecule has 0 unspecified atom stereocenters. The Kier molecular flexibility index (Phi) is 7.62. The zero-order chi connectivity index (χ0) is 21.1. The Bertz CT molecular complexity index is 742. The monoisotopic (exact) mass is 530 g/mol. The van der Waals surface area contributed by atoms with Gasteiger partial charge in [-0.2, -0.15) is 0 Å². The van der Waals surface area contributed by atoms with E-state index in [1.54, 1.807) is 0 Å². The maximum absolute atomic E-state index is 13.0. The summed E-state index contributed by atoms with van der Waals surface area (Å²) in [5.41, 5.74) is 0.996. The van der Waals surface area contributed by atoms with Crippen molar-refractivity contribution in [3.05, 3.63) is 26.6 Å². The number of halogens is 2. The molecule has 2 heterocycles. The Morgan fingerprint density at radius 2 is 1.79 bits per heavy atom. The summed E-state index contributed by atoms with van der Waals surface area (Å²) in [6, 6.07) is 3.93. The third-order valence-corrected chi connectivity index (χ3v) is 7.26. The van der Waals surface area contributed by atoms with Gasteiger partial charge in [0.1, 0.15) is 11.8 Å². The highest BCUT2D eigenvalue weighted by atomic mass is 79.9. The number of phenolic OH excluding ortho intramolecular Hbond substituents is 1. The third-order valence-electron chi connectivity index (χ3n) is 6.05. The van der Waals surface area contributed by atoms with E-state index in [1.165, 1.54) is 7.11 Å². The van der Waals surface area contributed by atoms with E-state index >= 15 is 0 Å². The second-order valence-corrected chi connectivity index (χ2v) is 9.70. The lowest BCUT2D eigenvalue weighted by molar-refractivity contribution is -0.147. The van der Waals surface area contributed by atoms with Crippen LogP contribution in [0.4, 0.5) is 0 Å². The van der Waals surface area contributed by atoms with Crippen molar-refractivity contribution >= 4 is 43.7 Å². The first kappa shape index (κ1) is 22.6. The molecule has 0 spiro atoms. The summed E-state index contributed by atoms with van der Waals surface area (Å²) in [6.07, 6.45) is 4.28. The summed E-state index contributed by atoms with van der Waals surface area (Å²) < 4.78 is 6.20. The van der Waals surface area contributed by atoms with E-state index < -0.39 is 0 Å². The standard InChI is InChI=1S/C21H28Br2N2O4/c1-13(10-14-11-16(22)19(26)17(23)12-14)20(27)24-8-5-15(6-9-24)25-7-3-4-18(25)21(28)29-2/h11-13,15,18,26H,3-10H2,1-2H3/t13-,18+/m1/s1. The molecule has 0 aromatic heterocycles. The molecule has 160 valence electrons. The molecule has 1 aromatic carbocycles. The van der Waals surface area contributed by atoms with Crippen LogP contribution in [0.3, 0.4) is 0 Å². The van der Waals surface area contributed by atoms with Gasteiger partial charge in [-0.05, 0) is 88.2 Å². The first-order valence-electron chi connectivity index (χ1n) is 10.1. The Balaban J connectivity index is 1.55. The van der Waals surface area contributed by atoms with E-state index in [-0.39, 0.29) is 29.6 Å². The van der Waals surface area contributed by atoms with E-state index in [0.29, 0.717) is 21.4 Å². The summed E-state index contributed by atoms with van der Waals surface area (Å²) in [7, 11) is 1.45. The second-order valence-electron chi connectivity index (χ2n) is 7.99. The number of nitrogens with zero attached hydrogens (tertiary/aromatic N) is 2. The predicted octanol–water partition coefficient (Wildman–Crippen LogP) is 3.72. The number of aromatic hydroxyl groups is 1. The number of carbonyl (C=O) groups is 2. The molecule has 3 rings (SSSR count). The van der Waals surface area contributed by atoms with Crippen LogP contribution in [0, 0.1) is 5.92 Å². The number of methoxy groups -OCH3 is 1. The Hall–Kier alpha value is -1.12. The lowest BCUT2D eigenvalue weighted by atomic mass is 9.97. The summed E-state index contributed by atoms with van der Waals surface area (Å²) in [5.74, 6) is 0.0574. The number of carbonyl (C=O) groups excluding carboxylic acids is 2. The Morgan fingerprint density at radius 1 is 1.17 bits per heavy atom. The largest absolute Gasteiger partial charge is 0.506 e. The predicted molar refractivity (Wildman–Crippen MR) is 118 cm³/mol. The molecular weight excluding hydrogens is 504 g/mol. The molecule has 1 amide bonds. The average Bonchev–Trinajstić information content (AvgIpc) is 3.20. The summed E-state index contributed by atoms with van der Waals surface area (Å²) in [4.78, 5) is 29.2. The molecule has 1 aromatic rings. The number of ether oxygens (including phenoxy) is 1. The van der Waals surface area contributed by atoms with Gasteiger partial charge in [0.05, 0.1) is 16.1 Å². The zero-order valence-electron chi connectivity index (χ0n) is 16.9. The second kappa shape index (κ2) is 9.79. The molecule has 2 atom stereocenters. The van der Waals surface area contributed by atoms with Gasteiger partial charge in [0.15, 0.2) is 0 Å². The minimum absolute atomic E-state index is 0.127. The normalized spacial score (nSPS) is 21.9. The first-order chi connectivity index (χ1) is 13.8. The average molecular weight is 532 g/mol. The topological polar surface area (TPSA) is 70.1 Å². The molecule has 1 N–H and O–H groups in total. The fourth-order valence-electron chi connectivity index (χ4n) is 4.52. The molecule has 2 saturated heterocycles. The Morgan fingerprint density at radius 3 is 2.38 bits per heavy atom. The fraction of sp³-hybridized carbons (Fsp3) is 0.619. The molecule has 2 aliphatic rings. The number of hydrogen-bond acceptors (Lipinski definition) is 5. The van der Waals surface area contributed by atoms with Crippen LogP contribution in [-0.4, -0.2) is 65.6 Å². The number of rotatable bonds is 5. The van der Waals surface area contributed by atoms with Gasteiger partial charge < -0.3 is 14.7 Å². The van der Waals surface area contributed by atoms with Gasteiger partial charge in [-0.15, -0.1) is 0 Å². The van der Waals surface area contributed by atoms with Crippen molar-refractivity contribution in [2.45, 2.75) is 51.1 Å². The van der Waals surface area contributed by atoms with Crippen LogP contribution in [0.2, 0.25) is 0 Å². The van der Waals surface area contributed by atoms with E-state index in [9.17, 15) is 14.7 Å². The molecule has 0 bridgehead atoms. The molecule has 0 aliphatic carbocycles. The van der Waals surface area contributed by atoms with Crippen LogP contribution in [-0.2, 0) is 20.7 Å². The van der Waals surface area contributed by atoms with Crippen LogP contribution in [0.5, 0.6) is 5.75 Å². The lowest BCUT2D eigenvalue weighted by Gasteiger charge is -2.39. The number of likely N-dealkylation sites (tertiary alicyclic amines) is 2. The number of hydrogen-bond donors (Lipinski definition) is 1. The SMILES string of the molecule is COC(=O)[C@@H]1CCCN1C1CCN(C(=O)[C@H](C)Cc2cc(Br)c(O)c(Br)c2)CC1. The molecule has 0 saturated carbocycles. The maximum atomic E-state index is 13.0. The van der Waals surface area contributed by atoms with Crippen molar-refractivity contribution in [1.29, 1.82) is 0 Å². The first-order valence-corrected chi connectivity index (χ1v) is 11.7. The summed E-state index contributed by atoms with van der Waals surface area (Å²) in [5, 5.41) is 9.86. The van der Waals surface area contributed by atoms with Crippen LogP contribution >= 0.6 is 31.9 Å². The van der Waals surface area contributed by atoms with E-state index in [0.717, 1.165) is 50.9 Å². The van der Waals surface area contributed by atoms with Crippen LogP contribution in [0.1, 0.15) is 38.2 Å². The highest BCUT2D eigenvalue weighted by molar-refractivity contribution is 9.11. The van der Waals surface area contributed by atoms with Crippen molar-refractivity contribution in [1.82, 2.24) is 9.80 Å². The molecule has 8 heteroatoms. The maximum Gasteiger partial charge on any atom is 0.323 e. The number of benzene rings is 1. The van der Waals surface area contributed by atoms with E-state index in [1.807, 2.05) is 24.0 Å². The van der Waals surface area contributed by atoms with E-state index in [2.05, 4.69) is 36.8 Å². The smallest absolute Gasteiger partial charge is 0.323 e. The molecular formula is C21H28Br2N2O4. The molecule has 0 radical (unpaired) electrons. The van der Waals surface area contributed by atoms with Gasteiger partial charge in [0, 0.05) is 25.0 Å². The highest BCUT2D eigenvalue weighted by Gasteiger charge is 2.38. The molecule has 2 aliphatic heterocycles. The van der Waals surface area contributed by atoms with Crippen molar-refractivity contribution in [2.75, 3.05) is 26.7 Å². The van der Waals surface area contributed by atoms with Crippen LogP contribution in [0.25, 0.3) is 0 Å². The zero-order valence-corrected chi connectivity index (χ0v) is 20.0.